The molecule has 0 saturated heterocycles. The number of aliphatic hydroxyl groups is 1. The Morgan fingerprint density at radius 2 is 2.00 bits per heavy atom. The summed E-state index contributed by atoms with van der Waals surface area (Å²) >= 11 is 5.10. The van der Waals surface area contributed by atoms with E-state index in [-0.39, 0.29) is 5.41 Å². The molecule has 1 unspecified atom stereocenters. The molecule has 1 N–H and O–H groups in total. The van der Waals surface area contributed by atoms with Crippen LogP contribution >= 0.6 is 27.3 Å². The average Bonchev–Trinajstić information content (AvgIpc) is 2.75. The number of aryl methyl sites for hydroxylation is 1. The molecule has 1 heterocycles. The van der Waals surface area contributed by atoms with Crippen LogP contribution in [-0.4, -0.2) is 10.1 Å². The second kappa shape index (κ2) is 5.96. The van der Waals surface area contributed by atoms with Crippen LogP contribution in [0.25, 0.3) is 0 Å². The lowest BCUT2D eigenvalue weighted by Crippen LogP contribution is -2.12. The zero-order valence-electron chi connectivity index (χ0n) is 12.3. The molecule has 2 rings (SSSR count). The molecule has 0 aliphatic carbocycles. The Balaban J connectivity index is 2.15. The average molecular weight is 354 g/mol. The van der Waals surface area contributed by atoms with Gasteiger partial charge in [0.25, 0.3) is 0 Å². The SMILES string of the molecule is Cc1cc(Br)cc(C(O)Cc2nc(C(C)(C)C)cs2)c1. The van der Waals surface area contributed by atoms with Gasteiger partial charge in [-0.05, 0) is 30.2 Å². The van der Waals surface area contributed by atoms with Gasteiger partial charge in [-0.15, -0.1) is 11.3 Å². The molecule has 0 radical (unpaired) electrons. The standard InChI is InChI=1S/C16H20BrNOS/c1-10-5-11(7-12(17)6-10)13(19)8-15-18-14(9-20-15)16(2,3)4/h5-7,9,13,19H,8H2,1-4H3. The summed E-state index contributed by atoms with van der Waals surface area (Å²) in [5.41, 5.74) is 3.23. The van der Waals surface area contributed by atoms with E-state index < -0.39 is 6.10 Å². The molecule has 108 valence electrons. The van der Waals surface area contributed by atoms with Gasteiger partial charge in [-0.2, -0.15) is 0 Å². The fraction of sp³-hybridized carbons (Fsp3) is 0.438. The van der Waals surface area contributed by atoms with Gasteiger partial charge in [0.2, 0.25) is 0 Å². The van der Waals surface area contributed by atoms with Gasteiger partial charge < -0.3 is 5.11 Å². The Morgan fingerprint density at radius 3 is 2.55 bits per heavy atom. The van der Waals surface area contributed by atoms with Gasteiger partial charge >= 0.3 is 0 Å². The number of hydrogen-bond donors (Lipinski definition) is 1. The van der Waals surface area contributed by atoms with Crippen molar-refractivity contribution in [2.45, 2.75) is 45.6 Å². The molecule has 0 aliphatic rings. The molecule has 2 aromatic rings. The Bertz CT molecular complexity index is 581. The zero-order chi connectivity index (χ0) is 14.9. The van der Waals surface area contributed by atoms with Crippen LogP contribution < -0.4 is 0 Å². The van der Waals surface area contributed by atoms with Crippen molar-refractivity contribution in [2.24, 2.45) is 0 Å². The van der Waals surface area contributed by atoms with Crippen LogP contribution in [0.2, 0.25) is 0 Å². The van der Waals surface area contributed by atoms with E-state index in [9.17, 15) is 5.11 Å². The maximum absolute atomic E-state index is 10.4. The molecular weight excluding hydrogens is 334 g/mol. The maximum atomic E-state index is 10.4. The predicted molar refractivity (Wildman–Crippen MR) is 88.4 cm³/mol. The van der Waals surface area contributed by atoms with E-state index in [1.165, 1.54) is 0 Å². The fourth-order valence-electron chi connectivity index (χ4n) is 1.99. The lowest BCUT2D eigenvalue weighted by Gasteiger charge is -2.14. The quantitative estimate of drug-likeness (QED) is 0.860. The number of aromatic nitrogens is 1. The van der Waals surface area contributed by atoms with E-state index >= 15 is 0 Å². The summed E-state index contributed by atoms with van der Waals surface area (Å²) in [7, 11) is 0. The van der Waals surface area contributed by atoms with Crippen LogP contribution in [0, 0.1) is 6.92 Å². The lowest BCUT2D eigenvalue weighted by atomic mass is 9.93. The van der Waals surface area contributed by atoms with Gasteiger partial charge in [0, 0.05) is 21.7 Å². The summed E-state index contributed by atoms with van der Waals surface area (Å²) in [6, 6.07) is 6.03. The van der Waals surface area contributed by atoms with Crippen molar-refractivity contribution < 1.29 is 5.11 Å². The predicted octanol–water partition coefficient (Wildman–Crippen LogP) is 4.79. The number of benzene rings is 1. The van der Waals surface area contributed by atoms with Crippen molar-refractivity contribution in [2.75, 3.05) is 0 Å². The number of rotatable bonds is 3. The second-order valence-electron chi connectivity index (χ2n) is 6.16. The Morgan fingerprint density at radius 1 is 1.30 bits per heavy atom. The van der Waals surface area contributed by atoms with E-state index in [0.717, 1.165) is 26.3 Å². The Labute approximate surface area is 133 Å². The molecule has 1 atom stereocenters. The van der Waals surface area contributed by atoms with Crippen molar-refractivity contribution in [3.63, 3.8) is 0 Å². The van der Waals surface area contributed by atoms with Crippen LogP contribution in [0.5, 0.6) is 0 Å². The van der Waals surface area contributed by atoms with Gasteiger partial charge in [-0.25, -0.2) is 4.98 Å². The molecule has 1 aromatic carbocycles. The van der Waals surface area contributed by atoms with E-state index in [2.05, 4.69) is 47.1 Å². The van der Waals surface area contributed by atoms with Crippen LogP contribution in [0.15, 0.2) is 28.1 Å². The molecule has 20 heavy (non-hydrogen) atoms. The number of nitrogens with zero attached hydrogens (tertiary/aromatic N) is 1. The van der Waals surface area contributed by atoms with Crippen LogP contribution in [0.1, 0.15) is 48.7 Å². The molecule has 0 bridgehead atoms. The monoisotopic (exact) mass is 353 g/mol. The topological polar surface area (TPSA) is 33.1 Å². The minimum Gasteiger partial charge on any atom is -0.388 e. The van der Waals surface area contributed by atoms with Gasteiger partial charge in [0.05, 0.1) is 16.8 Å². The number of halogens is 1. The number of hydrogen-bond acceptors (Lipinski definition) is 3. The molecule has 0 amide bonds. The first-order chi connectivity index (χ1) is 9.25. The van der Waals surface area contributed by atoms with Crippen molar-refractivity contribution in [1.82, 2.24) is 4.98 Å². The summed E-state index contributed by atoms with van der Waals surface area (Å²) in [4.78, 5) is 4.64. The summed E-state index contributed by atoms with van der Waals surface area (Å²) < 4.78 is 1.00. The summed E-state index contributed by atoms with van der Waals surface area (Å²) in [5, 5.41) is 13.5. The largest absolute Gasteiger partial charge is 0.388 e. The summed E-state index contributed by atoms with van der Waals surface area (Å²) in [6.45, 7) is 8.49. The van der Waals surface area contributed by atoms with Crippen molar-refractivity contribution in [3.05, 3.63) is 49.9 Å². The van der Waals surface area contributed by atoms with Gasteiger partial charge in [-0.1, -0.05) is 42.8 Å². The molecule has 0 aliphatic heterocycles. The van der Waals surface area contributed by atoms with Gasteiger partial charge in [0.15, 0.2) is 0 Å². The van der Waals surface area contributed by atoms with E-state index in [0.29, 0.717) is 6.42 Å². The molecular formula is C16H20BrNOS. The first-order valence-corrected chi connectivity index (χ1v) is 8.33. The van der Waals surface area contributed by atoms with Crippen LogP contribution in [-0.2, 0) is 11.8 Å². The number of thiazole rings is 1. The highest BCUT2D eigenvalue weighted by atomic mass is 79.9. The van der Waals surface area contributed by atoms with Gasteiger partial charge in [0.1, 0.15) is 0 Å². The van der Waals surface area contributed by atoms with Crippen molar-refractivity contribution in [1.29, 1.82) is 0 Å². The Hall–Kier alpha value is -0.710. The smallest absolute Gasteiger partial charge is 0.0957 e. The van der Waals surface area contributed by atoms with Crippen molar-refractivity contribution >= 4 is 27.3 Å². The van der Waals surface area contributed by atoms with E-state index in [4.69, 9.17) is 0 Å². The summed E-state index contributed by atoms with van der Waals surface area (Å²) in [6.07, 6.45) is 0.0570. The van der Waals surface area contributed by atoms with Gasteiger partial charge in [-0.3, -0.25) is 0 Å². The molecule has 0 saturated carbocycles. The normalized spacial score (nSPS) is 13.5. The van der Waals surface area contributed by atoms with Crippen LogP contribution in [0.3, 0.4) is 0 Å². The molecule has 2 nitrogen and oxygen atoms in total. The highest BCUT2D eigenvalue weighted by Gasteiger charge is 2.19. The molecule has 4 heteroatoms. The lowest BCUT2D eigenvalue weighted by molar-refractivity contribution is 0.178. The first-order valence-electron chi connectivity index (χ1n) is 6.66. The molecule has 0 fully saturated rings. The molecule has 0 spiro atoms. The van der Waals surface area contributed by atoms with Crippen LogP contribution in [0.4, 0.5) is 0 Å². The first kappa shape index (κ1) is 15.7. The van der Waals surface area contributed by atoms with E-state index in [1.54, 1.807) is 11.3 Å². The third kappa shape index (κ3) is 3.90. The molecule has 1 aromatic heterocycles. The van der Waals surface area contributed by atoms with Crippen molar-refractivity contribution in [3.8, 4) is 0 Å². The highest BCUT2D eigenvalue weighted by molar-refractivity contribution is 9.10. The highest BCUT2D eigenvalue weighted by Crippen LogP contribution is 2.28. The second-order valence-corrected chi connectivity index (χ2v) is 8.02. The third-order valence-electron chi connectivity index (χ3n) is 3.14. The zero-order valence-corrected chi connectivity index (χ0v) is 14.7. The minimum atomic E-state index is -0.509. The minimum absolute atomic E-state index is 0.0616. The maximum Gasteiger partial charge on any atom is 0.0957 e. The Kier molecular flexibility index (Phi) is 4.67. The summed E-state index contributed by atoms with van der Waals surface area (Å²) in [5.74, 6) is 0. The fourth-order valence-corrected chi connectivity index (χ4v) is 3.67. The number of aliphatic hydroxyl groups excluding tert-OH is 1. The third-order valence-corrected chi connectivity index (χ3v) is 4.47. The van der Waals surface area contributed by atoms with E-state index in [1.807, 2.05) is 25.1 Å².